The Morgan fingerprint density at radius 3 is 2.71 bits per heavy atom. The molecular weight excluding hydrogens is 220 g/mol. The van der Waals surface area contributed by atoms with Crippen molar-refractivity contribution < 1.29 is 14.7 Å². The first-order chi connectivity index (χ1) is 8.17. The van der Waals surface area contributed by atoms with Crippen LogP contribution in [-0.4, -0.2) is 29.8 Å². The van der Waals surface area contributed by atoms with E-state index in [1.54, 1.807) is 37.4 Å². The van der Waals surface area contributed by atoms with Gasteiger partial charge in [0.2, 0.25) is 0 Å². The zero-order valence-electron chi connectivity index (χ0n) is 9.72. The number of hydrogen-bond donors (Lipinski definition) is 2. The minimum absolute atomic E-state index is 0.200. The van der Waals surface area contributed by atoms with Crippen LogP contribution < -0.4 is 5.48 Å². The fourth-order valence-electron chi connectivity index (χ4n) is 1.20. The number of rotatable bonds is 5. The largest absolute Gasteiger partial charge is 0.445 e. The lowest BCUT2D eigenvalue weighted by Crippen LogP contribution is -2.27. The van der Waals surface area contributed by atoms with Gasteiger partial charge in [0.15, 0.2) is 0 Å². The van der Waals surface area contributed by atoms with Gasteiger partial charge in [-0.15, -0.1) is 6.58 Å². The molecule has 2 N–H and O–H groups in total. The molecule has 1 amide bonds. The van der Waals surface area contributed by atoms with Crippen molar-refractivity contribution in [2.75, 3.05) is 19.1 Å². The van der Waals surface area contributed by atoms with Crippen LogP contribution in [0.3, 0.4) is 0 Å². The van der Waals surface area contributed by atoms with E-state index in [9.17, 15) is 4.79 Å². The van der Waals surface area contributed by atoms with Gasteiger partial charge < -0.3 is 9.64 Å². The van der Waals surface area contributed by atoms with Crippen LogP contribution in [-0.2, 0) is 11.3 Å². The van der Waals surface area contributed by atoms with Crippen LogP contribution in [0.5, 0.6) is 0 Å². The Balaban J connectivity index is 2.44. The van der Waals surface area contributed by atoms with E-state index in [0.29, 0.717) is 12.2 Å². The van der Waals surface area contributed by atoms with Crippen molar-refractivity contribution in [3.8, 4) is 0 Å². The lowest BCUT2D eigenvalue weighted by molar-refractivity contribution is 0.108. The maximum atomic E-state index is 11.4. The summed E-state index contributed by atoms with van der Waals surface area (Å²) in [5.41, 5.74) is 3.47. The third-order valence-corrected chi connectivity index (χ3v) is 2.16. The minimum Gasteiger partial charge on any atom is -0.445 e. The highest BCUT2D eigenvalue weighted by Crippen LogP contribution is 2.09. The maximum Gasteiger partial charge on any atom is 0.410 e. The summed E-state index contributed by atoms with van der Waals surface area (Å²) in [6.45, 7) is 4.19. The maximum absolute atomic E-state index is 11.4. The molecule has 0 spiro atoms. The summed E-state index contributed by atoms with van der Waals surface area (Å²) in [5, 5.41) is 8.63. The molecule has 0 aliphatic heterocycles. The van der Waals surface area contributed by atoms with Crippen molar-refractivity contribution in [2.45, 2.75) is 6.61 Å². The second-order valence-corrected chi connectivity index (χ2v) is 3.53. The first-order valence-electron chi connectivity index (χ1n) is 5.15. The van der Waals surface area contributed by atoms with Gasteiger partial charge in [-0.05, 0) is 17.7 Å². The van der Waals surface area contributed by atoms with Crippen molar-refractivity contribution in [1.29, 1.82) is 0 Å². The molecule has 0 heterocycles. The average Bonchev–Trinajstić information content (AvgIpc) is 2.36. The van der Waals surface area contributed by atoms with Gasteiger partial charge >= 0.3 is 6.09 Å². The molecule has 0 saturated carbocycles. The molecule has 0 aromatic heterocycles. The highest BCUT2D eigenvalue weighted by atomic mass is 16.6. The van der Waals surface area contributed by atoms with Gasteiger partial charge in [-0.1, -0.05) is 18.2 Å². The van der Waals surface area contributed by atoms with Gasteiger partial charge in [0.1, 0.15) is 6.61 Å². The average molecular weight is 236 g/mol. The summed E-state index contributed by atoms with van der Waals surface area (Å²) >= 11 is 0. The number of hydrogen-bond acceptors (Lipinski definition) is 4. The zero-order valence-corrected chi connectivity index (χ0v) is 9.72. The summed E-state index contributed by atoms with van der Waals surface area (Å²) < 4.78 is 5.07. The Hall–Kier alpha value is -2.01. The number of nitrogens with zero attached hydrogens (tertiary/aromatic N) is 1. The Bertz CT molecular complexity index is 376. The molecule has 0 bridgehead atoms. The number of nitrogens with one attached hydrogen (secondary N) is 1. The van der Waals surface area contributed by atoms with Crippen molar-refractivity contribution in [3.63, 3.8) is 0 Å². The van der Waals surface area contributed by atoms with Crippen LogP contribution in [0.2, 0.25) is 0 Å². The fourth-order valence-corrected chi connectivity index (χ4v) is 1.20. The Morgan fingerprint density at radius 2 is 2.18 bits per heavy atom. The lowest BCUT2D eigenvalue weighted by Gasteiger charge is -2.14. The molecule has 0 aliphatic rings. The third kappa shape index (κ3) is 4.16. The van der Waals surface area contributed by atoms with Crippen molar-refractivity contribution >= 4 is 11.8 Å². The molecule has 0 unspecified atom stereocenters. The highest BCUT2D eigenvalue weighted by Gasteiger charge is 2.07. The fraction of sp³-hybridized carbons (Fsp3) is 0.250. The van der Waals surface area contributed by atoms with Crippen LogP contribution in [0.4, 0.5) is 10.5 Å². The van der Waals surface area contributed by atoms with Crippen LogP contribution in [0.25, 0.3) is 0 Å². The molecule has 0 fully saturated rings. The smallest absolute Gasteiger partial charge is 0.410 e. The number of carbonyl (C=O) groups is 1. The van der Waals surface area contributed by atoms with Crippen LogP contribution in [0.15, 0.2) is 36.9 Å². The monoisotopic (exact) mass is 236 g/mol. The lowest BCUT2D eigenvalue weighted by atomic mass is 10.2. The molecule has 1 rings (SSSR count). The molecule has 1 aromatic carbocycles. The van der Waals surface area contributed by atoms with E-state index in [0.717, 1.165) is 5.56 Å². The number of ether oxygens (including phenoxy) is 1. The standard InChI is InChI=1S/C12H16N2O3/c1-3-8-14(2)12(15)17-9-10-4-6-11(13-16)7-5-10/h3-7,13,16H,1,8-9H2,2H3. The summed E-state index contributed by atoms with van der Waals surface area (Å²) in [6, 6.07) is 6.91. The minimum atomic E-state index is -0.394. The van der Waals surface area contributed by atoms with Crippen molar-refractivity contribution in [3.05, 3.63) is 42.5 Å². The molecule has 5 nitrogen and oxygen atoms in total. The first kappa shape index (κ1) is 13.1. The predicted molar refractivity (Wildman–Crippen MR) is 64.9 cm³/mol. The summed E-state index contributed by atoms with van der Waals surface area (Å²) in [6.07, 6.45) is 1.23. The molecule has 0 saturated heterocycles. The van der Waals surface area contributed by atoms with E-state index in [4.69, 9.17) is 9.94 Å². The van der Waals surface area contributed by atoms with E-state index >= 15 is 0 Å². The summed E-state index contributed by atoms with van der Waals surface area (Å²) in [7, 11) is 1.64. The van der Waals surface area contributed by atoms with Gasteiger partial charge in [0.25, 0.3) is 0 Å². The number of likely N-dealkylation sites (N-methyl/N-ethyl adjacent to an activating group) is 1. The Morgan fingerprint density at radius 1 is 1.53 bits per heavy atom. The molecule has 0 atom stereocenters. The van der Waals surface area contributed by atoms with Gasteiger partial charge in [-0.2, -0.15) is 0 Å². The third-order valence-electron chi connectivity index (χ3n) is 2.16. The molecular formula is C12H16N2O3. The topological polar surface area (TPSA) is 61.8 Å². The normalized spacial score (nSPS) is 9.53. The SMILES string of the molecule is C=CCN(C)C(=O)OCc1ccc(NO)cc1. The molecule has 0 radical (unpaired) electrons. The number of benzene rings is 1. The molecule has 92 valence electrons. The summed E-state index contributed by atoms with van der Waals surface area (Å²) in [4.78, 5) is 12.9. The molecule has 1 aromatic rings. The van der Waals surface area contributed by atoms with Crippen LogP contribution in [0.1, 0.15) is 5.56 Å². The second-order valence-electron chi connectivity index (χ2n) is 3.53. The van der Waals surface area contributed by atoms with Gasteiger partial charge in [-0.3, -0.25) is 10.7 Å². The van der Waals surface area contributed by atoms with E-state index in [2.05, 4.69) is 6.58 Å². The number of amides is 1. The van der Waals surface area contributed by atoms with Gasteiger partial charge in [0.05, 0.1) is 5.69 Å². The van der Waals surface area contributed by atoms with E-state index in [1.807, 2.05) is 5.48 Å². The zero-order chi connectivity index (χ0) is 12.7. The first-order valence-corrected chi connectivity index (χ1v) is 5.15. The molecule has 0 aliphatic carbocycles. The predicted octanol–water partition coefficient (Wildman–Crippen LogP) is 2.24. The molecule has 17 heavy (non-hydrogen) atoms. The van der Waals surface area contributed by atoms with Crippen LogP contribution >= 0.6 is 0 Å². The van der Waals surface area contributed by atoms with Gasteiger partial charge in [-0.25, -0.2) is 4.79 Å². The number of carbonyl (C=O) groups excluding carboxylic acids is 1. The van der Waals surface area contributed by atoms with Crippen molar-refractivity contribution in [1.82, 2.24) is 4.90 Å². The number of anilines is 1. The Labute approximate surface area is 100 Å². The van der Waals surface area contributed by atoms with Gasteiger partial charge in [0, 0.05) is 13.6 Å². The summed E-state index contributed by atoms with van der Waals surface area (Å²) in [5.74, 6) is 0. The van der Waals surface area contributed by atoms with E-state index in [-0.39, 0.29) is 6.61 Å². The van der Waals surface area contributed by atoms with E-state index in [1.165, 1.54) is 4.90 Å². The van der Waals surface area contributed by atoms with E-state index < -0.39 is 6.09 Å². The van der Waals surface area contributed by atoms with Crippen molar-refractivity contribution in [2.24, 2.45) is 0 Å². The second kappa shape index (κ2) is 6.55. The highest BCUT2D eigenvalue weighted by molar-refractivity contribution is 5.67. The molecule has 5 heteroatoms. The van der Waals surface area contributed by atoms with Crippen LogP contribution in [0, 0.1) is 0 Å². The quantitative estimate of drug-likeness (QED) is 0.608. The Kier molecular flexibility index (Phi) is 5.03.